The van der Waals surface area contributed by atoms with Crippen LogP contribution in [-0.4, -0.2) is 7.11 Å². The van der Waals surface area contributed by atoms with Crippen LogP contribution < -0.4 is 4.74 Å². The molecule has 1 unspecified atom stereocenters. The molecule has 2 aromatic carbocycles. The fourth-order valence-electron chi connectivity index (χ4n) is 1.95. The van der Waals surface area contributed by atoms with Crippen molar-refractivity contribution in [3.63, 3.8) is 0 Å². The first-order valence-electron chi connectivity index (χ1n) is 5.76. The molecule has 100 valence electrons. The van der Waals surface area contributed by atoms with Gasteiger partial charge in [0.25, 0.3) is 0 Å². The van der Waals surface area contributed by atoms with Gasteiger partial charge in [0.1, 0.15) is 5.75 Å². The lowest BCUT2D eigenvalue weighted by molar-refractivity contribution is 0.411. The van der Waals surface area contributed by atoms with Crippen LogP contribution in [0.1, 0.15) is 21.5 Å². The first kappa shape index (κ1) is 14.7. The van der Waals surface area contributed by atoms with E-state index in [9.17, 15) is 0 Å². The second-order valence-electron chi connectivity index (χ2n) is 4.26. The van der Waals surface area contributed by atoms with E-state index < -0.39 is 0 Å². The van der Waals surface area contributed by atoms with Crippen LogP contribution in [-0.2, 0) is 0 Å². The topological polar surface area (TPSA) is 9.23 Å². The molecule has 1 nitrogen and oxygen atoms in total. The molecule has 0 amide bonds. The quantitative estimate of drug-likeness (QED) is 0.629. The molecule has 2 aromatic rings. The third kappa shape index (κ3) is 3.25. The summed E-state index contributed by atoms with van der Waals surface area (Å²) in [5.41, 5.74) is 3.16. The van der Waals surface area contributed by atoms with Gasteiger partial charge in [-0.1, -0.05) is 51.3 Å². The highest BCUT2D eigenvalue weighted by Crippen LogP contribution is 2.37. The van der Waals surface area contributed by atoms with Crippen molar-refractivity contribution in [1.82, 2.24) is 0 Å². The molecule has 0 aliphatic heterocycles. The van der Waals surface area contributed by atoms with E-state index in [0.29, 0.717) is 10.0 Å². The molecule has 0 aromatic heterocycles. The van der Waals surface area contributed by atoms with Gasteiger partial charge in [-0.25, -0.2) is 0 Å². The summed E-state index contributed by atoms with van der Waals surface area (Å²) in [6.07, 6.45) is 0. The summed E-state index contributed by atoms with van der Waals surface area (Å²) in [5, 5.41) is 1.37. The number of benzene rings is 2. The van der Waals surface area contributed by atoms with Crippen LogP contribution in [0.2, 0.25) is 10.0 Å². The van der Waals surface area contributed by atoms with Crippen LogP contribution in [0, 0.1) is 6.92 Å². The largest absolute Gasteiger partial charge is 0.496 e. The Balaban J connectivity index is 2.41. The highest BCUT2D eigenvalue weighted by Gasteiger charge is 2.15. The van der Waals surface area contributed by atoms with E-state index in [-0.39, 0.29) is 4.83 Å². The molecule has 1 atom stereocenters. The maximum absolute atomic E-state index is 6.23. The van der Waals surface area contributed by atoms with Gasteiger partial charge in [0.2, 0.25) is 0 Å². The zero-order valence-electron chi connectivity index (χ0n) is 10.6. The average molecular weight is 360 g/mol. The summed E-state index contributed by atoms with van der Waals surface area (Å²) in [4.78, 5) is 0.00306. The molecule has 0 N–H and O–H groups in total. The van der Waals surface area contributed by atoms with Crippen molar-refractivity contribution in [2.45, 2.75) is 11.8 Å². The Morgan fingerprint density at radius 3 is 2.47 bits per heavy atom. The number of hydrogen-bond acceptors (Lipinski definition) is 1. The molecule has 0 fully saturated rings. The van der Waals surface area contributed by atoms with Gasteiger partial charge in [-0.2, -0.15) is 0 Å². The van der Waals surface area contributed by atoms with Gasteiger partial charge >= 0.3 is 0 Å². The summed E-state index contributed by atoms with van der Waals surface area (Å²) in [7, 11) is 1.67. The molecule has 2 rings (SSSR count). The molecule has 0 radical (unpaired) electrons. The van der Waals surface area contributed by atoms with Crippen LogP contribution in [0.4, 0.5) is 0 Å². The number of methoxy groups -OCH3 is 1. The Hall–Kier alpha value is -0.700. The van der Waals surface area contributed by atoms with Crippen molar-refractivity contribution in [3.8, 4) is 5.75 Å². The fraction of sp³-hybridized carbons (Fsp3) is 0.200. The second-order valence-corrected chi connectivity index (χ2v) is 6.02. The Labute approximate surface area is 131 Å². The standard InChI is InChI=1S/C15H13BrCl2O/c1-9-7-10(3-6-14(9)19-2)15(16)12-8-11(17)4-5-13(12)18/h3-8,15H,1-2H3. The summed E-state index contributed by atoms with van der Waals surface area (Å²) in [6.45, 7) is 2.02. The SMILES string of the molecule is COc1ccc(C(Br)c2cc(Cl)ccc2Cl)cc1C. The molecule has 0 aliphatic rings. The lowest BCUT2D eigenvalue weighted by Gasteiger charge is -2.15. The first-order valence-corrected chi connectivity index (χ1v) is 7.43. The predicted octanol–water partition coefficient (Wildman–Crippen LogP) is 5.79. The highest BCUT2D eigenvalue weighted by atomic mass is 79.9. The fourth-order valence-corrected chi connectivity index (χ4v) is 3.15. The van der Waals surface area contributed by atoms with Gasteiger partial charge in [-0.05, 0) is 47.9 Å². The molecule has 0 saturated carbocycles. The monoisotopic (exact) mass is 358 g/mol. The number of halogens is 3. The van der Waals surface area contributed by atoms with Crippen LogP contribution in [0.5, 0.6) is 5.75 Å². The van der Waals surface area contributed by atoms with Crippen molar-refractivity contribution < 1.29 is 4.74 Å². The van der Waals surface area contributed by atoms with E-state index in [1.165, 1.54) is 0 Å². The number of ether oxygens (including phenoxy) is 1. The Bertz CT molecular complexity index is 599. The van der Waals surface area contributed by atoms with E-state index >= 15 is 0 Å². The van der Waals surface area contributed by atoms with Crippen LogP contribution in [0.25, 0.3) is 0 Å². The Morgan fingerprint density at radius 2 is 1.84 bits per heavy atom. The molecule has 0 bridgehead atoms. The van der Waals surface area contributed by atoms with Crippen molar-refractivity contribution in [3.05, 3.63) is 63.1 Å². The minimum absolute atomic E-state index is 0.00306. The van der Waals surface area contributed by atoms with E-state index in [4.69, 9.17) is 27.9 Å². The number of rotatable bonds is 3. The molecule has 0 spiro atoms. The van der Waals surface area contributed by atoms with E-state index in [1.54, 1.807) is 13.2 Å². The van der Waals surface area contributed by atoms with Gasteiger partial charge in [0, 0.05) is 10.0 Å². The van der Waals surface area contributed by atoms with Crippen LogP contribution >= 0.6 is 39.1 Å². The second kappa shape index (κ2) is 6.17. The van der Waals surface area contributed by atoms with Crippen molar-refractivity contribution in [1.29, 1.82) is 0 Å². The summed E-state index contributed by atoms with van der Waals surface area (Å²) < 4.78 is 5.27. The maximum atomic E-state index is 6.23. The number of alkyl halides is 1. The molecular formula is C15H13BrCl2O. The zero-order chi connectivity index (χ0) is 14.0. The molecular weight excluding hydrogens is 347 g/mol. The van der Waals surface area contributed by atoms with Crippen molar-refractivity contribution >= 4 is 39.1 Å². The Kier molecular flexibility index (Phi) is 4.77. The first-order chi connectivity index (χ1) is 9.02. The number of hydrogen-bond donors (Lipinski definition) is 0. The number of aryl methyl sites for hydroxylation is 1. The summed E-state index contributed by atoms with van der Waals surface area (Å²) in [6, 6.07) is 11.5. The molecule has 0 saturated heterocycles. The molecule has 0 heterocycles. The summed E-state index contributed by atoms with van der Waals surface area (Å²) in [5.74, 6) is 0.876. The predicted molar refractivity (Wildman–Crippen MR) is 85.0 cm³/mol. The minimum Gasteiger partial charge on any atom is -0.496 e. The lowest BCUT2D eigenvalue weighted by atomic mass is 10.0. The molecule has 0 aliphatic carbocycles. The summed E-state index contributed by atoms with van der Waals surface area (Å²) >= 11 is 15.9. The third-order valence-corrected chi connectivity index (χ3v) is 4.54. The lowest BCUT2D eigenvalue weighted by Crippen LogP contribution is -1.96. The smallest absolute Gasteiger partial charge is 0.121 e. The minimum atomic E-state index is 0.00306. The normalized spacial score (nSPS) is 12.3. The van der Waals surface area contributed by atoms with E-state index in [0.717, 1.165) is 22.4 Å². The van der Waals surface area contributed by atoms with Crippen LogP contribution in [0.3, 0.4) is 0 Å². The molecule has 4 heteroatoms. The van der Waals surface area contributed by atoms with Crippen molar-refractivity contribution in [2.75, 3.05) is 7.11 Å². The van der Waals surface area contributed by atoms with Gasteiger partial charge < -0.3 is 4.74 Å². The van der Waals surface area contributed by atoms with Gasteiger partial charge in [-0.3, -0.25) is 0 Å². The van der Waals surface area contributed by atoms with E-state index in [2.05, 4.69) is 22.0 Å². The zero-order valence-corrected chi connectivity index (χ0v) is 13.7. The van der Waals surface area contributed by atoms with Crippen LogP contribution in [0.15, 0.2) is 36.4 Å². The van der Waals surface area contributed by atoms with E-state index in [1.807, 2.05) is 31.2 Å². The third-order valence-electron chi connectivity index (χ3n) is 2.94. The molecule has 19 heavy (non-hydrogen) atoms. The van der Waals surface area contributed by atoms with Crippen molar-refractivity contribution in [2.24, 2.45) is 0 Å². The Morgan fingerprint density at radius 1 is 1.11 bits per heavy atom. The van der Waals surface area contributed by atoms with Gasteiger partial charge in [-0.15, -0.1) is 0 Å². The maximum Gasteiger partial charge on any atom is 0.121 e. The van der Waals surface area contributed by atoms with Gasteiger partial charge in [0.15, 0.2) is 0 Å². The highest BCUT2D eigenvalue weighted by molar-refractivity contribution is 9.09. The van der Waals surface area contributed by atoms with Gasteiger partial charge in [0.05, 0.1) is 11.9 Å². The average Bonchev–Trinajstić information content (AvgIpc) is 2.40.